The Balaban J connectivity index is 1.81. The molecule has 2 atom stereocenters. The first kappa shape index (κ1) is 23.9. The van der Waals surface area contributed by atoms with Crippen molar-refractivity contribution < 1.29 is 23.7 Å². The molecule has 2 aromatic rings. The molecule has 0 fully saturated rings. The second-order valence-electron chi connectivity index (χ2n) is 7.96. The van der Waals surface area contributed by atoms with Gasteiger partial charge in [0, 0.05) is 18.2 Å². The molecule has 4 N–H and O–H groups in total. The third-order valence-corrected chi connectivity index (χ3v) is 4.60. The number of primary amides is 1. The summed E-state index contributed by atoms with van der Waals surface area (Å²) in [7, 11) is 0. The van der Waals surface area contributed by atoms with Crippen LogP contribution in [0.1, 0.15) is 43.1 Å². The summed E-state index contributed by atoms with van der Waals surface area (Å²) < 4.78 is 6.85. The highest BCUT2D eigenvalue weighted by Crippen LogP contribution is 2.06. The van der Waals surface area contributed by atoms with Gasteiger partial charge < -0.3 is 21.1 Å². The zero-order valence-corrected chi connectivity index (χ0v) is 18.2. The Labute approximate surface area is 182 Å². The highest BCUT2D eigenvalue weighted by molar-refractivity contribution is 5.97. The number of hydrogen-bond acceptors (Lipinski definition) is 4. The first-order valence-electron chi connectivity index (χ1n) is 10.3. The lowest BCUT2D eigenvalue weighted by atomic mass is 10.0. The predicted molar refractivity (Wildman–Crippen MR) is 116 cm³/mol. The molecule has 1 aromatic carbocycles. The van der Waals surface area contributed by atoms with E-state index in [1.54, 1.807) is 29.1 Å². The topological polar surface area (TPSA) is 114 Å². The number of ether oxygens (including phenoxy) is 1. The molecule has 0 saturated heterocycles. The van der Waals surface area contributed by atoms with Gasteiger partial charge in [-0.2, -0.15) is 4.57 Å². The van der Waals surface area contributed by atoms with Crippen LogP contribution < -0.4 is 20.9 Å². The zero-order valence-electron chi connectivity index (χ0n) is 18.2. The lowest BCUT2D eigenvalue weighted by molar-refractivity contribution is -0.727. The van der Waals surface area contributed by atoms with Crippen LogP contribution in [0.2, 0.25) is 0 Å². The minimum atomic E-state index is -0.718. The molecule has 0 aliphatic heterocycles. The standard InChI is InChI=1S/C23H30N4O4/c1-16(2)13-20(21(24)28)26-22(29)19-9-11-27(12-10-19)15-31-23(30)25-17(3)14-18-7-5-4-6-8-18/h4-12,16-17,20H,13-15H2,1-3H3,(H3-,24,25,26,28,29,30)/p+1/t17-,20-/m0/s1. The van der Waals surface area contributed by atoms with Gasteiger partial charge in [-0.15, -0.1) is 0 Å². The Kier molecular flexibility index (Phi) is 8.99. The van der Waals surface area contributed by atoms with Crippen LogP contribution in [0.4, 0.5) is 4.79 Å². The monoisotopic (exact) mass is 427 g/mol. The number of carbonyl (C=O) groups excluding carboxylic acids is 3. The molecule has 8 heteroatoms. The van der Waals surface area contributed by atoms with Gasteiger partial charge in [-0.3, -0.25) is 9.59 Å². The van der Waals surface area contributed by atoms with Gasteiger partial charge in [-0.25, -0.2) is 4.79 Å². The van der Waals surface area contributed by atoms with Crippen molar-refractivity contribution in [2.75, 3.05) is 0 Å². The summed E-state index contributed by atoms with van der Waals surface area (Å²) >= 11 is 0. The molecule has 2 rings (SSSR count). The van der Waals surface area contributed by atoms with E-state index in [0.717, 1.165) is 5.56 Å². The van der Waals surface area contributed by atoms with Crippen molar-refractivity contribution in [2.45, 2.75) is 52.4 Å². The molecule has 3 amide bonds. The lowest BCUT2D eigenvalue weighted by Crippen LogP contribution is -2.45. The summed E-state index contributed by atoms with van der Waals surface area (Å²) in [5, 5.41) is 5.45. The number of rotatable bonds is 10. The van der Waals surface area contributed by atoms with E-state index >= 15 is 0 Å². The molecule has 0 bridgehead atoms. The van der Waals surface area contributed by atoms with E-state index in [4.69, 9.17) is 10.5 Å². The molecule has 1 heterocycles. The van der Waals surface area contributed by atoms with Gasteiger partial charge in [0.15, 0.2) is 12.4 Å². The van der Waals surface area contributed by atoms with Gasteiger partial charge >= 0.3 is 6.09 Å². The Bertz CT molecular complexity index is 869. The van der Waals surface area contributed by atoms with Gasteiger partial charge in [-0.1, -0.05) is 44.2 Å². The fourth-order valence-electron chi connectivity index (χ4n) is 3.05. The van der Waals surface area contributed by atoms with E-state index in [1.165, 1.54) is 0 Å². The number of nitrogens with one attached hydrogen (secondary N) is 2. The third-order valence-electron chi connectivity index (χ3n) is 4.60. The second kappa shape index (κ2) is 11.7. The van der Waals surface area contributed by atoms with Gasteiger partial charge in [0.2, 0.25) is 5.91 Å². The Morgan fingerprint density at radius 2 is 1.65 bits per heavy atom. The highest BCUT2D eigenvalue weighted by atomic mass is 16.6. The molecule has 0 unspecified atom stereocenters. The molecular formula is C23H31N4O4+. The van der Waals surface area contributed by atoms with E-state index in [0.29, 0.717) is 18.4 Å². The fourth-order valence-corrected chi connectivity index (χ4v) is 3.05. The van der Waals surface area contributed by atoms with Gasteiger partial charge in [-0.05, 0) is 31.2 Å². The van der Waals surface area contributed by atoms with Crippen LogP contribution in [-0.4, -0.2) is 30.0 Å². The second-order valence-corrected chi connectivity index (χ2v) is 7.96. The summed E-state index contributed by atoms with van der Waals surface area (Å²) in [6, 6.07) is 12.3. The van der Waals surface area contributed by atoms with Crippen molar-refractivity contribution >= 4 is 17.9 Å². The molecule has 166 valence electrons. The van der Waals surface area contributed by atoms with Crippen molar-refractivity contribution in [2.24, 2.45) is 11.7 Å². The van der Waals surface area contributed by atoms with E-state index in [-0.39, 0.29) is 24.6 Å². The third kappa shape index (κ3) is 8.46. The molecular weight excluding hydrogens is 396 g/mol. The van der Waals surface area contributed by atoms with E-state index < -0.39 is 18.0 Å². The number of nitrogens with two attached hydrogens (primary N) is 1. The minimum absolute atomic E-state index is 0.00303. The van der Waals surface area contributed by atoms with Crippen LogP contribution in [0.25, 0.3) is 0 Å². The van der Waals surface area contributed by atoms with Gasteiger partial charge in [0.05, 0.1) is 5.56 Å². The molecule has 0 spiro atoms. The van der Waals surface area contributed by atoms with Crippen LogP contribution in [0.15, 0.2) is 54.9 Å². The predicted octanol–water partition coefficient (Wildman–Crippen LogP) is 1.92. The normalized spacial score (nSPS) is 12.6. The zero-order chi connectivity index (χ0) is 22.8. The maximum atomic E-state index is 12.4. The molecule has 0 aliphatic carbocycles. The number of hydrogen-bond donors (Lipinski definition) is 3. The average Bonchev–Trinajstić information content (AvgIpc) is 2.72. The quantitative estimate of drug-likeness (QED) is 0.503. The number of amides is 3. The van der Waals surface area contributed by atoms with Crippen molar-refractivity contribution in [3.63, 3.8) is 0 Å². The number of alkyl carbamates (subject to hydrolysis) is 1. The Hall–Kier alpha value is -3.42. The number of aromatic nitrogens is 1. The van der Waals surface area contributed by atoms with Crippen LogP contribution in [0.3, 0.4) is 0 Å². The molecule has 0 radical (unpaired) electrons. The summed E-state index contributed by atoms with van der Waals surface area (Å²) in [5.41, 5.74) is 6.88. The fraction of sp³-hybridized carbons (Fsp3) is 0.391. The van der Waals surface area contributed by atoms with Gasteiger partial charge in [0.25, 0.3) is 12.6 Å². The Morgan fingerprint density at radius 3 is 2.23 bits per heavy atom. The van der Waals surface area contributed by atoms with Gasteiger partial charge in [0.1, 0.15) is 6.04 Å². The lowest BCUT2D eigenvalue weighted by Gasteiger charge is -2.17. The summed E-state index contributed by atoms with van der Waals surface area (Å²) in [4.78, 5) is 35.9. The maximum absolute atomic E-state index is 12.4. The molecule has 1 aromatic heterocycles. The Morgan fingerprint density at radius 1 is 1.00 bits per heavy atom. The molecule has 31 heavy (non-hydrogen) atoms. The van der Waals surface area contributed by atoms with Crippen molar-refractivity contribution in [1.82, 2.24) is 10.6 Å². The van der Waals surface area contributed by atoms with Crippen molar-refractivity contribution in [3.8, 4) is 0 Å². The van der Waals surface area contributed by atoms with Crippen LogP contribution in [0.5, 0.6) is 0 Å². The summed E-state index contributed by atoms with van der Waals surface area (Å²) in [5.74, 6) is -0.728. The van der Waals surface area contributed by atoms with Crippen LogP contribution in [0, 0.1) is 5.92 Å². The van der Waals surface area contributed by atoms with E-state index in [1.807, 2.05) is 51.1 Å². The number of carbonyl (C=O) groups is 3. The van der Waals surface area contributed by atoms with E-state index in [9.17, 15) is 14.4 Å². The number of benzene rings is 1. The largest absolute Gasteiger partial charge is 0.412 e. The molecule has 8 nitrogen and oxygen atoms in total. The van der Waals surface area contributed by atoms with Crippen LogP contribution >= 0.6 is 0 Å². The van der Waals surface area contributed by atoms with Crippen molar-refractivity contribution in [1.29, 1.82) is 0 Å². The minimum Gasteiger partial charge on any atom is -0.388 e. The number of pyridine rings is 1. The smallest absolute Gasteiger partial charge is 0.388 e. The first-order chi connectivity index (χ1) is 14.7. The summed E-state index contributed by atoms with van der Waals surface area (Å²) in [6.07, 6.45) is 3.90. The molecule has 0 aliphatic rings. The number of nitrogens with zero attached hydrogens (tertiary/aromatic N) is 1. The summed E-state index contributed by atoms with van der Waals surface area (Å²) in [6.45, 7) is 5.81. The SMILES string of the molecule is CC(C)C[C@H](NC(=O)c1cc[n+](COC(=O)N[C@@H](C)Cc2ccccc2)cc1)C(N)=O. The average molecular weight is 428 g/mol. The van der Waals surface area contributed by atoms with Crippen molar-refractivity contribution in [3.05, 3.63) is 66.0 Å². The highest BCUT2D eigenvalue weighted by Gasteiger charge is 2.20. The first-order valence-corrected chi connectivity index (χ1v) is 10.3. The molecule has 0 saturated carbocycles. The van der Waals surface area contributed by atoms with E-state index in [2.05, 4.69) is 10.6 Å². The maximum Gasteiger partial charge on any atom is 0.412 e. The van der Waals surface area contributed by atoms with Crippen LogP contribution in [-0.2, 0) is 22.7 Å².